The molecular formula is C29H27ClN4O. The molecule has 0 aliphatic carbocycles. The number of pyridine rings is 1. The smallest absolute Gasteiger partial charge is 0.258 e. The number of hydrogen-bond donors (Lipinski definition) is 2. The first-order valence-corrected chi connectivity index (χ1v) is 12.2. The van der Waals surface area contributed by atoms with Gasteiger partial charge in [0.2, 0.25) is 0 Å². The topological polar surface area (TPSA) is 57.3 Å². The number of nitrogens with zero attached hydrogens (tertiary/aromatic N) is 2. The SMILES string of the molecule is CCN(CC)Cc1ccc(NC(=C2C(=O)Nc3cc(Cl)ccc32)c2ccc3ncccc3c2)cc1. The average Bonchev–Trinajstić information content (AvgIpc) is 3.20. The standard InChI is InChI=1S/C29H27ClN4O/c1-3-34(4-2)18-19-7-11-23(12-8-19)32-28(21-9-14-25-20(16-21)6-5-15-31-25)27-24-13-10-22(30)17-26(24)33-29(27)35/h5-17,32H,3-4,18H2,1-2H3,(H,33,35). The van der Waals surface area contributed by atoms with Gasteiger partial charge in [0.15, 0.2) is 0 Å². The number of anilines is 2. The second-order valence-electron chi connectivity index (χ2n) is 8.59. The molecule has 176 valence electrons. The summed E-state index contributed by atoms with van der Waals surface area (Å²) in [5.74, 6) is -0.158. The third-order valence-corrected chi connectivity index (χ3v) is 6.63. The molecule has 0 unspecified atom stereocenters. The van der Waals surface area contributed by atoms with Crippen molar-refractivity contribution in [2.75, 3.05) is 23.7 Å². The molecular weight excluding hydrogens is 456 g/mol. The summed E-state index contributed by atoms with van der Waals surface area (Å²) in [6.45, 7) is 7.29. The Labute approximate surface area is 210 Å². The lowest BCUT2D eigenvalue weighted by Crippen LogP contribution is -2.22. The van der Waals surface area contributed by atoms with Crippen LogP contribution >= 0.6 is 11.6 Å². The van der Waals surface area contributed by atoms with Gasteiger partial charge in [0.05, 0.1) is 22.5 Å². The van der Waals surface area contributed by atoms with E-state index in [4.69, 9.17) is 11.6 Å². The third kappa shape index (κ3) is 4.78. The number of hydrogen-bond acceptors (Lipinski definition) is 4. The van der Waals surface area contributed by atoms with Crippen LogP contribution in [0.3, 0.4) is 0 Å². The van der Waals surface area contributed by atoms with Crippen LogP contribution in [0.2, 0.25) is 5.02 Å². The summed E-state index contributed by atoms with van der Waals surface area (Å²) in [6.07, 6.45) is 1.78. The summed E-state index contributed by atoms with van der Waals surface area (Å²) in [4.78, 5) is 20.0. The molecule has 0 atom stereocenters. The van der Waals surface area contributed by atoms with Gasteiger partial charge in [-0.3, -0.25) is 14.7 Å². The van der Waals surface area contributed by atoms with E-state index in [-0.39, 0.29) is 5.91 Å². The van der Waals surface area contributed by atoms with Crippen LogP contribution < -0.4 is 10.6 Å². The largest absolute Gasteiger partial charge is 0.354 e. The minimum absolute atomic E-state index is 0.158. The fourth-order valence-electron chi connectivity index (χ4n) is 4.45. The van der Waals surface area contributed by atoms with Crippen molar-refractivity contribution < 1.29 is 4.79 Å². The maximum absolute atomic E-state index is 13.2. The molecule has 4 aromatic rings. The first-order chi connectivity index (χ1) is 17.1. The monoisotopic (exact) mass is 482 g/mol. The molecule has 35 heavy (non-hydrogen) atoms. The van der Waals surface area contributed by atoms with Crippen LogP contribution in [0.15, 0.2) is 79.0 Å². The van der Waals surface area contributed by atoms with Crippen molar-refractivity contribution in [2.24, 2.45) is 0 Å². The van der Waals surface area contributed by atoms with Crippen LogP contribution in [-0.4, -0.2) is 28.9 Å². The van der Waals surface area contributed by atoms with Crippen molar-refractivity contribution in [1.29, 1.82) is 0 Å². The highest BCUT2D eigenvalue weighted by atomic mass is 35.5. The van der Waals surface area contributed by atoms with E-state index in [0.29, 0.717) is 16.3 Å². The zero-order chi connectivity index (χ0) is 24.4. The van der Waals surface area contributed by atoms with Crippen LogP contribution in [0.25, 0.3) is 22.2 Å². The van der Waals surface area contributed by atoms with E-state index in [1.54, 1.807) is 12.3 Å². The van der Waals surface area contributed by atoms with E-state index in [1.165, 1.54) is 5.56 Å². The summed E-state index contributed by atoms with van der Waals surface area (Å²) in [5.41, 5.74) is 6.86. The summed E-state index contributed by atoms with van der Waals surface area (Å²) in [5, 5.41) is 8.11. The number of amides is 1. The van der Waals surface area contributed by atoms with Gasteiger partial charge in [0.1, 0.15) is 0 Å². The minimum atomic E-state index is -0.158. The van der Waals surface area contributed by atoms with Crippen LogP contribution in [-0.2, 0) is 11.3 Å². The van der Waals surface area contributed by atoms with E-state index in [1.807, 2.05) is 36.4 Å². The number of fused-ring (bicyclic) bond motifs is 2. The fraction of sp³-hybridized carbons (Fsp3) is 0.172. The molecule has 1 aliphatic heterocycles. The van der Waals surface area contributed by atoms with Crippen LogP contribution in [0.5, 0.6) is 0 Å². The molecule has 0 fully saturated rings. The lowest BCUT2D eigenvalue weighted by Gasteiger charge is -2.19. The van der Waals surface area contributed by atoms with E-state index < -0.39 is 0 Å². The first-order valence-electron chi connectivity index (χ1n) is 11.8. The van der Waals surface area contributed by atoms with Gasteiger partial charge in [-0.2, -0.15) is 0 Å². The minimum Gasteiger partial charge on any atom is -0.354 e. The zero-order valence-electron chi connectivity index (χ0n) is 19.8. The van der Waals surface area contributed by atoms with Gasteiger partial charge in [-0.1, -0.05) is 55.8 Å². The van der Waals surface area contributed by atoms with Crippen molar-refractivity contribution >= 4 is 51.1 Å². The molecule has 6 heteroatoms. The zero-order valence-corrected chi connectivity index (χ0v) is 20.6. The maximum Gasteiger partial charge on any atom is 0.258 e. The Morgan fingerprint density at radius 1 is 1.00 bits per heavy atom. The second kappa shape index (κ2) is 9.90. The number of rotatable bonds is 7. The Morgan fingerprint density at radius 2 is 1.80 bits per heavy atom. The van der Waals surface area contributed by atoms with Gasteiger partial charge in [0.25, 0.3) is 5.91 Å². The Morgan fingerprint density at radius 3 is 2.57 bits per heavy atom. The number of halogens is 1. The predicted octanol–water partition coefficient (Wildman–Crippen LogP) is 6.66. The van der Waals surface area contributed by atoms with Gasteiger partial charge in [-0.25, -0.2) is 0 Å². The quantitative estimate of drug-likeness (QED) is 0.289. The van der Waals surface area contributed by atoms with Crippen molar-refractivity contribution in [3.63, 3.8) is 0 Å². The average molecular weight is 483 g/mol. The third-order valence-electron chi connectivity index (χ3n) is 6.39. The van der Waals surface area contributed by atoms with E-state index in [2.05, 4.69) is 64.7 Å². The lowest BCUT2D eigenvalue weighted by atomic mass is 9.99. The van der Waals surface area contributed by atoms with Crippen molar-refractivity contribution in [3.8, 4) is 0 Å². The Bertz CT molecular complexity index is 1420. The lowest BCUT2D eigenvalue weighted by molar-refractivity contribution is -0.110. The molecule has 1 aromatic heterocycles. The molecule has 0 spiro atoms. The molecule has 3 aromatic carbocycles. The van der Waals surface area contributed by atoms with Crippen molar-refractivity contribution in [3.05, 3.63) is 101 Å². The normalized spacial score (nSPS) is 14.2. The van der Waals surface area contributed by atoms with Gasteiger partial charge in [-0.05, 0) is 66.7 Å². The predicted molar refractivity (Wildman–Crippen MR) is 145 cm³/mol. The summed E-state index contributed by atoms with van der Waals surface area (Å²) in [6, 6.07) is 23.9. The van der Waals surface area contributed by atoms with Gasteiger partial charge in [-0.15, -0.1) is 0 Å². The van der Waals surface area contributed by atoms with Crippen LogP contribution in [0.1, 0.15) is 30.5 Å². The highest BCUT2D eigenvalue weighted by molar-refractivity contribution is 6.38. The highest BCUT2D eigenvalue weighted by Crippen LogP contribution is 2.39. The molecule has 0 radical (unpaired) electrons. The molecule has 0 saturated heterocycles. The number of benzene rings is 3. The summed E-state index contributed by atoms with van der Waals surface area (Å²) in [7, 11) is 0. The Balaban J connectivity index is 1.59. The second-order valence-corrected chi connectivity index (χ2v) is 9.02. The summed E-state index contributed by atoms with van der Waals surface area (Å²) >= 11 is 6.19. The number of nitrogens with one attached hydrogen (secondary N) is 2. The van der Waals surface area contributed by atoms with Crippen LogP contribution in [0.4, 0.5) is 11.4 Å². The van der Waals surface area contributed by atoms with Crippen molar-refractivity contribution in [2.45, 2.75) is 20.4 Å². The summed E-state index contributed by atoms with van der Waals surface area (Å²) < 4.78 is 0. The fourth-order valence-corrected chi connectivity index (χ4v) is 4.62. The van der Waals surface area contributed by atoms with Gasteiger partial charge in [0, 0.05) is 34.4 Å². The van der Waals surface area contributed by atoms with Gasteiger partial charge < -0.3 is 10.6 Å². The Kier molecular flexibility index (Phi) is 6.53. The first kappa shape index (κ1) is 23.1. The molecule has 1 aliphatic rings. The van der Waals surface area contributed by atoms with Gasteiger partial charge >= 0.3 is 0 Å². The molecule has 1 amide bonds. The molecule has 5 rings (SSSR count). The molecule has 2 heterocycles. The van der Waals surface area contributed by atoms with Crippen LogP contribution in [0, 0.1) is 0 Å². The Hall–Kier alpha value is -3.67. The van der Waals surface area contributed by atoms with E-state index in [0.717, 1.165) is 53.0 Å². The molecule has 0 saturated carbocycles. The molecule has 0 bridgehead atoms. The number of carbonyl (C=O) groups is 1. The number of aromatic nitrogens is 1. The number of carbonyl (C=O) groups excluding carboxylic acids is 1. The van der Waals surface area contributed by atoms with E-state index >= 15 is 0 Å². The molecule has 5 nitrogen and oxygen atoms in total. The molecule has 2 N–H and O–H groups in total. The maximum atomic E-state index is 13.2. The highest BCUT2D eigenvalue weighted by Gasteiger charge is 2.28. The van der Waals surface area contributed by atoms with E-state index in [9.17, 15) is 4.79 Å². The van der Waals surface area contributed by atoms with Crippen molar-refractivity contribution in [1.82, 2.24) is 9.88 Å².